The number of carboxylic acids is 1. The number of aryl methyl sites for hydroxylation is 2. The number of unbranched alkanes of at least 4 members (excludes halogenated alkanes) is 1. The molecule has 1 aliphatic rings. The van der Waals surface area contributed by atoms with Crippen molar-refractivity contribution in [3.63, 3.8) is 0 Å². The van der Waals surface area contributed by atoms with Crippen molar-refractivity contribution in [1.82, 2.24) is 5.32 Å². The number of allylic oxidation sites excluding steroid dienone is 2. The van der Waals surface area contributed by atoms with Gasteiger partial charge in [-0.1, -0.05) is 43.0 Å². The molecule has 4 heteroatoms. The summed E-state index contributed by atoms with van der Waals surface area (Å²) in [7, 11) is 0. The molecule has 1 fully saturated rings. The molecule has 0 saturated heterocycles. The molecule has 1 saturated carbocycles. The van der Waals surface area contributed by atoms with E-state index in [9.17, 15) is 4.79 Å². The lowest BCUT2D eigenvalue weighted by molar-refractivity contribution is -0.137. The molecule has 0 unspecified atom stereocenters. The molecule has 2 N–H and O–H groups in total. The summed E-state index contributed by atoms with van der Waals surface area (Å²) in [5.74, 6) is 0.570. The van der Waals surface area contributed by atoms with Crippen LogP contribution in [0.2, 0.25) is 5.02 Å². The van der Waals surface area contributed by atoms with Gasteiger partial charge in [0.1, 0.15) is 0 Å². The van der Waals surface area contributed by atoms with E-state index in [4.69, 9.17) is 16.7 Å². The summed E-state index contributed by atoms with van der Waals surface area (Å²) in [5, 5.41) is 13.2. The number of aliphatic carboxylic acids is 1. The van der Waals surface area contributed by atoms with Crippen LogP contribution in [-0.2, 0) is 11.3 Å². The van der Waals surface area contributed by atoms with Crippen molar-refractivity contribution in [2.45, 2.75) is 71.8 Å². The van der Waals surface area contributed by atoms with Crippen LogP contribution in [0.5, 0.6) is 0 Å². The first-order valence-corrected chi connectivity index (χ1v) is 10.7. The molecule has 2 atom stereocenters. The molecule has 0 bridgehead atoms. The van der Waals surface area contributed by atoms with Crippen molar-refractivity contribution in [3.05, 3.63) is 46.0 Å². The molecule has 0 aromatic heterocycles. The highest BCUT2D eigenvalue weighted by molar-refractivity contribution is 6.30. The van der Waals surface area contributed by atoms with Crippen molar-refractivity contribution in [3.8, 4) is 0 Å². The number of hydrogen-bond donors (Lipinski definition) is 2. The first-order valence-electron chi connectivity index (χ1n) is 10.3. The second kappa shape index (κ2) is 11.5. The Bertz CT molecular complexity index is 618. The van der Waals surface area contributed by atoms with Crippen LogP contribution in [0, 0.1) is 25.7 Å². The summed E-state index contributed by atoms with van der Waals surface area (Å²) in [4.78, 5) is 10.6. The second-order valence-corrected chi connectivity index (χ2v) is 8.36. The zero-order chi connectivity index (χ0) is 19.6. The predicted molar refractivity (Wildman–Crippen MR) is 113 cm³/mol. The van der Waals surface area contributed by atoms with Gasteiger partial charge in [-0.25, -0.2) is 0 Å². The van der Waals surface area contributed by atoms with Crippen molar-refractivity contribution in [2.75, 3.05) is 6.54 Å². The van der Waals surface area contributed by atoms with E-state index < -0.39 is 5.97 Å². The van der Waals surface area contributed by atoms with Gasteiger partial charge in [-0.3, -0.25) is 4.79 Å². The standard InChI is InChI=1S/C23H34ClNO2/c1-17-13-21(24)14-18(2)22(17)16-25-15-20-11-7-3-5-9-19(20)10-6-4-8-12-23(26)27/h6,10,13-14,19-20,25H,3-5,7-9,11-12,15-16H2,1-2H3,(H,26,27)/b10-6-/t19-,20-/m1/s1. The van der Waals surface area contributed by atoms with Gasteiger partial charge in [-0.2, -0.15) is 0 Å². The fourth-order valence-electron chi connectivity index (χ4n) is 4.16. The minimum Gasteiger partial charge on any atom is -0.481 e. The SMILES string of the molecule is Cc1cc(Cl)cc(C)c1CNC[C@H]1CCCCC[C@@H]1/C=C\CCCC(=O)O. The van der Waals surface area contributed by atoms with Gasteiger partial charge < -0.3 is 10.4 Å². The van der Waals surface area contributed by atoms with Crippen LogP contribution in [0.25, 0.3) is 0 Å². The van der Waals surface area contributed by atoms with Gasteiger partial charge in [0.15, 0.2) is 0 Å². The molecule has 27 heavy (non-hydrogen) atoms. The molecule has 0 aliphatic heterocycles. The fraction of sp³-hybridized carbons (Fsp3) is 0.609. The molecule has 0 radical (unpaired) electrons. The Morgan fingerprint density at radius 3 is 2.63 bits per heavy atom. The van der Waals surface area contributed by atoms with Gasteiger partial charge in [0, 0.05) is 18.0 Å². The lowest BCUT2D eigenvalue weighted by atomic mass is 9.87. The summed E-state index contributed by atoms with van der Waals surface area (Å²) in [6.45, 7) is 6.18. The van der Waals surface area contributed by atoms with E-state index in [0.29, 0.717) is 11.8 Å². The minimum atomic E-state index is -0.701. The largest absolute Gasteiger partial charge is 0.481 e. The Balaban J connectivity index is 1.87. The molecule has 1 aliphatic carbocycles. The summed E-state index contributed by atoms with van der Waals surface area (Å²) in [6, 6.07) is 4.08. The van der Waals surface area contributed by atoms with Crippen LogP contribution in [0.3, 0.4) is 0 Å². The summed E-state index contributed by atoms with van der Waals surface area (Å²) >= 11 is 6.14. The normalized spacial score (nSPS) is 20.7. The van der Waals surface area contributed by atoms with Crippen LogP contribution >= 0.6 is 11.6 Å². The molecule has 0 heterocycles. The van der Waals surface area contributed by atoms with Gasteiger partial charge >= 0.3 is 5.97 Å². The maximum Gasteiger partial charge on any atom is 0.303 e. The molecule has 2 rings (SSSR count). The third kappa shape index (κ3) is 7.67. The number of nitrogens with one attached hydrogen (secondary N) is 1. The lowest BCUT2D eigenvalue weighted by Gasteiger charge is -2.23. The number of carbonyl (C=O) groups is 1. The molecule has 0 amide bonds. The molecule has 0 spiro atoms. The van der Waals surface area contributed by atoms with Gasteiger partial charge in [0.05, 0.1) is 0 Å². The van der Waals surface area contributed by atoms with E-state index in [2.05, 4.69) is 31.3 Å². The molecular weight excluding hydrogens is 358 g/mol. The minimum absolute atomic E-state index is 0.264. The van der Waals surface area contributed by atoms with Crippen LogP contribution in [0.15, 0.2) is 24.3 Å². The maximum absolute atomic E-state index is 10.6. The number of halogens is 1. The van der Waals surface area contributed by atoms with Crippen molar-refractivity contribution in [1.29, 1.82) is 0 Å². The zero-order valence-corrected chi connectivity index (χ0v) is 17.5. The fourth-order valence-corrected chi connectivity index (χ4v) is 4.49. The Kier molecular flexibility index (Phi) is 9.36. The topological polar surface area (TPSA) is 49.3 Å². The quantitative estimate of drug-likeness (QED) is 0.306. The van der Waals surface area contributed by atoms with E-state index in [-0.39, 0.29) is 6.42 Å². The Hall–Kier alpha value is -1.32. The van der Waals surface area contributed by atoms with E-state index in [1.165, 1.54) is 48.8 Å². The van der Waals surface area contributed by atoms with E-state index in [0.717, 1.165) is 31.0 Å². The Morgan fingerprint density at radius 1 is 1.22 bits per heavy atom. The molecule has 1 aromatic rings. The number of hydrogen-bond acceptors (Lipinski definition) is 2. The van der Waals surface area contributed by atoms with E-state index in [1.54, 1.807) is 0 Å². The Morgan fingerprint density at radius 2 is 1.93 bits per heavy atom. The Labute approximate surface area is 169 Å². The molecule has 1 aromatic carbocycles. The highest BCUT2D eigenvalue weighted by Gasteiger charge is 2.21. The molecule has 150 valence electrons. The van der Waals surface area contributed by atoms with Crippen molar-refractivity contribution < 1.29 is 9.90 Å². The zero-order valence-electron chi connectivity index (χ0n) is 16.8. The number of carboxylic acid groups (broad SMARTS) is 1. The molecule has 3 nitrogen and oxygen atoms in total. The first kappa shape index (κ1) is 22.0. The third-order valence-corrected chi connectivity index (χ3v) is 5.95. The van der Waals surface area contributed by atoms with Crippen LogP contribution in [0.4, 0.5) is 0 Å². The summed E-state index contributed by atoms with van der Waals surface area (Å²) in [6.07, 6.45) is 12.9. The number of rotatable bonds is 9. The maximum atomic E-state index is 10.6. The van der Waals surface area contributed by atoms with E-state index >= 15 is 0 Å². The van der Waals surface area contributed by atoms with Crippen molar-refractivity contribution >= 4 is 17.6 Å². The summed E-state index contributed by atoms with van der Waals surface area (Å²) in [5.41, 5.74) is 3.86. The van der Waals surface area contributed by atoms with Gasteiger partial charge in [0.25, 0.3) is 0 Å². The average molecular weight is 392 g/mol. The lowest BCUT2D eigenvalue weighted by Crippen LogP contribution is -2.27. The molecular formula is C23H34ClNO2. The average Bonchev–Trinajstić information content (AvgIpc) is 2.82. The second-order valence-electron chi connectivity index (χ2n) is 7.93. The van der Waals surface area contributed by atoms with Crippen LogP contribution in [0.1, 0.15) is 68.1 Å². The predicted octanol–water partition coefficient (Wildman–Crippen LogP) is 6.05. The van der Waals surface area contributed by atoms with Crippen molar-refractivity contribution in [2.24, 2.45) is 11.8 Å². The highest BCUT2D eigenvalue weighted by Crippen LogP contribution is 2.30. The van der Waals surface area contributed by atoms with Gasteiger partial charge in [-0.05, 0) is 86.7 Å². The first-order chi connectivity index (χ1) is 13.0. The van der Waals surface area contributed by atoms with Gasteiger partial charge in [0.2, 0.25) is 0 Å². The van der Waals surface area contributed by atoms with Crippen LogP contribution in [-0.4, -0.2) is 17.6 Å². The highest BCUT2D eigenvalue weighted by atomic mass is 35.5. The third-order valence-electron chi connectivity index (χ3n) is 5.73. The number of benzene rings is 1. The monoisotopic (exact) mass is 391 g/mol. The van der Waals surface area contributed by atoms with E-state index in [1.807, 2.05) is 12.1 Å². The summed E-state index contributed by atoms with van der Waals surface area (Å²) < 4.78 is 0. The smallest absolute Gasteiger partial charge is 0.303 e. The van der Waals surface area contributed by atoms with Crippen LogP contribution < -0.4 is 5.32 Å². The van der Waals surface area contributed by atoms with Gasteiger partial charge in [-0.15, -0.1) is 0 Å².